The molecule has 0 N–H and O–H groups in total. The summed E-state index contributed by atoms with van der Waals surface area (Å²) in [5.41, 5.74) is -0.707. The van der Waals surface area contributed by atoms with Crippen LogP contribution in [0.5, 0.6) is 0 Å². The maximum atomic E-state index is 12.6. The van der Waals surface area contributed by atoms with Crippen molar-refractivity contribution < 1.29 is 22.7 Å². The van der Waals surface area contributed by atoms with Gasteiger partial charge in [-0.3, -0.25) is 4.79 Å². The largest absolute Gasteiger partial charge is 0.465 e. The zero-order valence-corrected chi connectivity index (χ0v) is 12.2. The fourth-order valence-corrected chi connectivity index (χ4v) is 2.83. The van der Waals surface area contributed by atoms with Gasteiger partial charge >= 0.3 is 12.1 Å². The van der Waals surface area contributed by atoms with Gasteiger partial charge in [-0.15, -0.1) is 11.8 Å². The fraction of sp³-hybridized carbons (Fsp3) is 0.500. The molecule has 6 heteroatoms. The van der Waals surface area contributed by atoms with Crippen molar-refractivity contribution in [2.75, 3.05) is 6.61 Å². The van der Waals surface area contributed by atoms with Crippen molar-refractivity contribution in [2.45, 2.75) is 43.0 Å². The average Bonchev–Trinajstić information content (AvgIpc) is 2.38. The molecule has 0 aliphatic carbocycles. The number of carbonyl (C=O) groups is 1. The third-order valence-corrected chi connectivity index (χ3v) is 3.78. The molecular weight excluding hydrogens is 289 g/mol. The van der Waals surface area contributed by atoms with Crippen LogP contribution in [-0.4, -0.2) is 17.8 Å². The Morgan fingerprint density at radius 1 is 1.35 bits per heavy atom. The molecule has 0 saturated carbocycles. The molecule has 0 aliphatic heterocycles. The van der Waals surface area contributed by atoms with Gasteiger partial charge in [-0.25, -0.2) is 0 Å². The second-order valence-corrected chi connectivity index (χ2v) is 5.45. The number of halogens is 3. The molecule has 0 spiro atoms. The minimum absolute atomic E-state index is 0.266. The van der Waals surface area contributed by atoms with Gasteiger partial charge in [-0.05, 0) is 31.5 Å². The Hall–Kier alpha value is -1.17. The van der Waals surface area contributed by atoms with E-state index in [1.165, 1.54) is 6.07 Å². The van der Waals surface area contributed by atoms with Crippen molar-refractivity contribution in [3.63, 3.8) is 0 Å². The van der Waals surface area contributed by atoms with Crippen molar-refractivity contribution in [1.29, 1.82) is 0 Å². The zero-order valence-electron chi connectivity index (χ0n) is 11.4. The monoisotopic (exact) mass is 306 g/mol. The molecule has 0 aliphatic rings. The van der Waals surface area contributed by atoms with Gasteiger partial charge in [0.25, 0.3) is 0 Å². The minimum atomic E-state index is -4.37. The third kappa shape index (κ3) is 5.07. The summed E-state index contributed by atoms with van der Waals surface area (Å²) in [6.45, 7) is 3.89. The number of rotatable bonds is 6. The number of thioether (sulfide) groups is 1. The minimum Gasteiger partial charge on any atom is -0.465 e. The van der Waals surface area contributed by atoms with Crippen molar-refractivity contribution in [3.8, 4) is 0 Å². The summed E-state index contributed by atoms with van der Waals surface area (Å²) in [6.07, 6.45) is -3.05. The van der Waals surface area contributed by atoms with Gasteiger partial charge in [0, 0.05) is 4.90 Å². The van der Waals surface area contributed by atoms with Crippen LogP contribution < -0.4 is 0 Å². The molecule has 2 nitrogen and oxygen atoms in total. The van der Waals surface area contributed by atoms with E-state index in [0.29, 0.717) is 11.3 Å². The number of alkyl halides is 3. The molecule has 0 aromatic heterocycles. The van der Waals surface area contributed by atoms with Crippen LogP contribution in [0, 0.1) is 0 Å². The van der Waals surface area contributed by atoms with E-state index < -0.39 is 17.0 Å². The van der Waals surface area contributed by atoms with Crippen molar-refractivity contribution in [2.24, 2.45) is 0 Å². The Morgan fingerprint density at radius 3 is 2.60 bits per heavy atom. The smallest absolute Gasteiger partial charge is 0.416 e. The molecule has 0 heterocycles. The topological polar surface area (TPSA) is 26.3 Å². The molecule has 0 fully saturated rings. The molecule has 20 heavy (non-hydrogen) atoms. The Bertz CT molecular complexity index is 446. The predicted octanol–water partition coefficient (Wildman–Crippen LogP) is 4.53. The fourth-order valence-electron chi connectivity index (χ4n) is 1.63. The van der Waals surface area contributed by atoms with Crippen LogP contribution in [0.4, 0.5) is 13.2 Å². The Morgan fingerprint density at radius 2 is 2.05 bits per heavy atom. The van der Waals surface area contributed by atoms with Crippen molar-refractivity contribution in [3.05, 3.63) is 29.8 Å². The van der Waals surface area contributed by atoms with Crippen LogP contribution in [0.2, 0.25) is 0 Å². The van der Waals surface area contributed by atoms with Crippen LogP contribution in [0.3, 0.4) is 0 Å². The summed E-state index contributed by atoms with van der Waals surface area (Å²) in [5.74, 6) is -0.378. The van der Waals surface area contributed by atoms with Gasteiger partial charge in [0.2, 0.25) is 0 Å². The van der Waals surface area contributed by atoms with E-state index in [2.05, 4.69) is 0 Å². The number of ether oxygens (including phenoxy) is 1. The van der Waals surface area contributed by atoms with E-state index >= 15 is 0 Å². The number of benzene rings is 1. The van der Waals surface area contributed by atoms with E-state index in [-0.39, 0.29) is 12.6 Å². The highest BCUT2D eigenvalue weighted by atomic mass is 32.2. The lowest BCUT2D eigenvalue weighted by atomic mass is 10.2. The molecule has 0 saturated heterocycles. The Balaban J connectivity index is 2.86. The van der Waals surface area contributed by atoms with Gasteiger partial charge in [0.15, 0.2) is 0 Å². The first-order valence-electron chi connectivity index (χ1n) is 6.39. The summed E-state index contributed by atoms with van der Waals surface area (Å²) in [5, 5.41) is -0.469. The van der Waals surface area contributed by atoms with Crippen LogP contribution in [0.1, 0.15) is 32.3 Å². The second-order valence-electron chi connectivity index (χ2n) is 4.17. The molecule has 1 unspecified atom stereocenters. The molecule has 1 aromatic carbocycles. The summed E-state index contributed by atoms with van der Waals surface area (Å²) >= 11 is 1.12. The summed E-state index contributed by atoms with van der Waals surface area (Å²) in [4.78, 5) is 12.2. The second kappa shape index (κ2) is 7.57. The van der Waals surface area contributed by atoms with Gasteiger partial charge < -0.3 is 4.74 Å². The normalized spacial score (nSPS) is 13.1. The number of carbonyl (C=O) groups excluding carboxylic acids is 1. The van der Waals surface area contributed by atoms with Crippen LogP contribution >= 0.6 is 11.8 Å². The number of hydrogen-bond acceptors (Lipinski definition) is 3. The molecule has 112 valence electrons. The first-order valence-corrected chi connectivity index (χ1v) is 7.27. The van der Waals surface area contributed by atoms with Crippen molar-refractivity contribution >= 4 is 17.7 Å². The lowest BCUT2D eigenvalue weighted by Crippen LogP contribution is -2.20. The van der Waals surface area contributed by atoms with Crippen LogP contribution in [-0.2, 0) is 15.7 Å². The van der Waals surface area contributed by atoms with E-state index in [9.17, 15) is 18.0 Å². The van der Waals surface area contributed by atoms with E-state index in [1.807, 2.05) is 6.92 Å². The average molecular weight is 306 g/mol. The quantitative estimate of drug-likeness (QED) is 0.570. The molecule has 1 aromatic rings. The first-order chi connectivity index (χ1) is 9.38. The first kappa shape index (κ1) is 16.9. The predicted molar refractivity (Wildman–Crippen MR) is 72.6 cm³/mol. The molecule has 0 amide bonds. The van der Waals surface area contributed by atoms with Crippen molar-refractivity contribution in [1.82, 2.24) is 0 Å². The summed E-state index contributed by atoms with van der Waals surface area (Å²) in [6, 6.07) is 5.00. The molecular formula is C14H17F3O2S. The van der Waals surface area contributed by atoms with E-state index in [0.717, 1.165) is 30.3 Å². The van der Waals surface area contributed by atoms with Gasteiger partial charge in [0.1, 0.15) is 5.25 Å². The van der Waals surface area contributed by atoms with E-state index in [1.54, 1.807) is 13.0 Å². The van der Waals surface area contributed by atoms with Crippen LogP contribution in [0.15, 0.2) is 29.2 Å². The summed E-state index contributed by atoms with van der Waals surface area (Å²) < 4.78 is 42.8. The Kier molecular flexibility index (Phi) is 6.39. The SMILES string of the molecule is CCCC(Sc1cccc(C(F)(F)F)c1)C(=O)OCC. The van der Waals surface area contributed by atoms with Gasteiger partial charge in [-0.2, -0.15) is 13.2 Å². The summed E-state index contributed by atoms with van der Waals surface area (Å²) in [7, 11) is 0. The lowest BCUT2D eigenvalue weighted by Gasteiger charge is -2.15. The highest BCUT2D eigenvalue weighted by molar-refractivity contribution is 8.00. The standard InChI is InChI=1S/C14H17F3O2S/c1-3-6-12(13(18)19-4-2)20-11-8-5-7-10(9-11)14(15,16)17/h5,7-9,12H,3-4,6H2,1-2H3. The molecule has 1 rings (SSSR count). The third-order valence-electron chi connectivity index (χ3n) is 2.54. The maximum Gasteiger partial charge on any atom is 0.416 e. The number of hydrogen-bond donors (Lipinski definition) is 0. The molecule has 1 atom stereocenters. The molecule has 0 bridgehead atoms. The highest BCUT2D eigenvalue weighted by Crippen LogP contribution is 2.34. The maximum absolute atomic E-state index is 12.6. The van der Waals surface area contributed by atoms with E-state index in [4.69, 9.17) is 4.74 Å². The zero-order chi connectivity index (χ0) is 15.2. The Labute approximate surface area is 120 Å². The number of esters is 1. The lowest BCUT2D eigenvalue weighted by molar-refractivity contribution is -0.142. The van der Waals surface area contributed by atoms with Gasteiger partial charge in [-0.1, -0.05) is 19.4 Å². The highest BCUT2D eigenvalue weighted by Gasteiger charge is 2.31. The van der Waals surface area contributed by atoms with Gasteiger partial charge in [0.05, 0.1) is 12.2 Å². The molecule has 0 radical (unpaired) electrons. The van der Waals surface area contributed by atoms with Crippen LogP contribution in [0.25, 0.3) is 0 Å².